The molecule has 5 heteroatoms. The van der Waals surface area contributed by atoms with E-state index in [0.717, 1.165) is 27.0 Å². The van der Waals surface area contributed by atoms with Crippen molar-refractivity contribution in [3.05, 3.63) is 59.2 Å². The van der Waals surface area contributed by atoms with E-state index in [4.69, 9.17) is 0 Å². The summed E-state index contributed by atoms with van der Waals surface area (Å²) in [4.78, 5) is 4.47. The number of rotatable bonds is 3. The molecule has 1 N–H and O–H groups in total. The van der Waals surface area contributed by atoms with Crippen LogP contribution < -0.4 is 5.32 Å². The molecule has 0 saturated heterocycles. The Labute approximate surface area is 119 Å². The SMILES string of the molecule is Cc1ccc2sc(NCc3ccc(F)c(F)c3)nc2c1. The number of aryl methyl sites for hydroxylation is 1. The summed E-state index contributed by atoms with van der Waals surface area (Å²) in [6.45, 7) is 2.43. The Morgan fingerprint density at radius 2 is 1.95 bits per heavy atom. The van der Waals surface area contributed by atoms with Gasteiger partial charge in [0.1, 0.15) is 0 Å². The van der Waals surface area contributed by atoms with Crippen LogP contribution in [0.25, 0.3) is 10.2 Å². The Morgan fingerprint density at radius 1 is 1.10 bits per heavy atom. The van der Waals surface area contributed by atoms with Crippen molar-refractivity contribution in [2.45, 2.75) is 13.5 Å². The molecule has 0 bridgehead atoms. The summed E-state index contributed by atoms with van der Waals surface area (Å²) in [5.41, 5.74) is 2.79. The van der Waals surface area contributed by atoms with Gasteiger partial charge in [-0.1, -0.05) is 23.5 Å². The Hall–Kier alpha value is -2.01. The molecule has 3 rings (SSSR count). The van der Waals surface area contributed by atoms with E-state index in [9.17, 15) is 8.78 Å². The van der Waals surface area contributed by atoms with E-state index < -0.39 is 11.6 Å². The van der Waals surface area contributed by atoms with Crippen LogP contribution in [-0.4, -0.2) is 4.98 Å². The number of aromatic nitrogens is 1. The van der Waals surface area contributed by atoms with Crippen LogP contribution in [0.1, 0.15) is 11.1 Å². The third kappa shape index (κ3) is 2.63. The molecular weight excluding hydrogens is 278 g/mol. The average Bonchev–Trinajstić information content (AvgIpc) is 2.82. The number of thiazole rings is 1. The van der Waals surface area contributed by atoms with Gasteiger partial charge in [-0.2, -0.15) is 0 Å². The highest BCUT2D eigenvalue weighted by molar-refractivity contribution is 7.22. The molecule has 0 aliphatic rings. The number of fused-ring (bicyclic) bond motifs is 1. The van der Waals surface area contributed by atoms with Crippen molar-refractivity contribution in [3.8, 4) is 0 Å². The smallest absolute Gasteiger partial charge is 0.184 e. The highest BCUT2D eigenvalue weighted by atomic mass is 32.1. The Morgan fingerprint density at radius 3 is 2.75 bits per heavy atom. The Balaban J connectivity index is 1.77. The average molecular weight is 290 g/mol. The fourth-order valence-corrected chi connectivity index (χ4v) is 2.78. The normalized spacial score (nSPS) is 10.9. The first-order chi connectivity index (χ1) is 9.61. The second kappa shape index (κ2) is 5.17. The van der Waals surface area contributed by atoms with Gasteiger partial charge in [0.25, 0.3) is 0 Å². The van der Waals surface area contributed by atoms with Crippen LogP contribution in [0.3, 0.4) is 0 Å². The van der Waals surface area contributed by atoms with Crippen molar-refractivity contribution in [3.63, 3.8) is 0 Å². The summed E-state index contributed by atoms with van der Waals surface area (Å²) < 4.78 is 27.0. The van der Waals surface area contributed by atoms with Gasteiger partial charge < -0.3 is 5.32 Å². The molecule has 0 amide bonds. The predicted octanol–water partition coefficient (Wildman–Crippen LogP) is 4.50. The van der Waals surface area contributed by atoms with Gasteiger partial charge in [-0.05, 0) is 42.3 Å². The van der Waals surface area contributed by atoms with Crippen LogP contribution in [0.4, 0.5) is 13.9 Å². The maximum Gasteiger partial charge on any atom is 0.184 e. The summed E-state index contributed by atoms with van der Waals surface area (Å²) in [6.07, 6.45) is 0. The van der Waals surface area contributed by atoms with Gasteiger partial charge in [0.2, 0.25) is 0 Å². The van der Waals surface area contributed by atoms with Gasteiger partial charge in [0.15, 0.2) is 16.8 Å². The number of nitrogens with zero attached hydrogens (tertiary/aromatic N) is 1. The molecule has 2 aromatic carbocycles. The molecule has 102 valence electrons. The third-order valence-electron chi connectivity index (χ3n) is 2.97. The van der Waals surface area contributed by atoms with Gasteiger partial charge in [-0.15, -0.1) is 0 Å². The lowest BCUT2D eigenvalue weighted by Crippen LogP contribution is -1.99. The minimum Gasteiger partial charge on any atom is -0.357 e. The molecule has 2 nitrogen and oxygen atoms in total. The zero-order valence-corrected chi connectivity index (χ0v) is 11.6. The quantitative estimate of drug-likeness (QED) is 0.768. The van der Waals surface area contributed by atoms with Gasteiger partial charge in [0, 0.05) is 6.54 Å². The molecule has 1 heterocycles. The number of hydrogen-bond acceptors (Lipinski definition) is 3. The number of anilines is 1. The van der Waals surface area contributed by atoms with Crippen LogP contribution in [0, 0.1) is 18.6 Å². The Kier molecular flexibility index (Phi) is 3.36. The van der Waals surface area contributed by atoms with Crippen molar-refractivity contribution in [2.75, 3.05) is 5.32 Å². The molecule has 20 heavy (non-hydrogen) atoms. The fraction of sp³-hybridized carbons (Fsp3) is 0.133. The largest absolute Gasteiger partial charge is 0.357 e. The van der Waals surface area contributed by atoms with Gasteiger partial charge in [-0.25, -0.2) is 13.8 Å². The highest BCUT2D eigenvalue weighted by Gasteiger charge is 2.05. The zero-order chi connectivity index (χ0) is 14.1. The van der Waals surface area contributed by atoms with Crippen molar-refractivity contribution in [1.29, 1.82) is 0 Å². The summed E-state index contributed by atoms with van der Waals surface area (Å²) >= 11 is 1.54. The lowest BCUT2D eigenvalue weighted by atomic mass is 10.2. The number of benzene rings is 2. The minimum absolute atomic E-state index is 0.413. The maximum atomic E-state index is 13.1. The van der Waals surface area contributed by atoms with Crippen molar-refractivity contribution in [2.24, 2.45) is 0 Å². The molecule has 0 fully saturated rings. The van der Waals surface area contributed by atoms with E-state index in [1.165, 1.54) is 6.07 Å². The summed E-state index contributed by atoms with van der Waals surface area (Å²) in [7, 11) is 0. The highest BCUT2D eigenvalue weighted by Crippen LogP contribution is 2.26. The molecule has 0 saturated carbocycles. The lowest BCUT2D eigenvalue weighted by molar-refractivity contribution is 0.507. The summed E-state index contributed by atoms with van der Waals surface area (Å²) in [6, 6.07) is 9.98. The van der Waals surface area contributed by atoms with Gasteiger partial charge in [0.05, 0.1) is 10.2 Å². The van der Waals surface area contributed by atoms with E-state index in [0.29, 0.717) is 12.1 Å². The van der Waals surface area contributed by atoms with Crippen LogP contribution in [0.15, 0.2) is 36.4 Å². The number of nitrogens with one attached hydrogen (secondary N) is 1. The summed E-state index contributed by atoms with van der Waals surface area (Å²) in [5.74, 6) is -1.66. The van der Waals surface area contributed by atoms with E-state index >= 15 is 0 Å². The monoisotopic (exact) mass is 290 g/mol. The lowest BCUT2D eigenvalue weighted by Gasteiger charge is -2.03. The van der Waals surface area contributed by atoms with Crippen molar-refractivity contribution < 1.29 is 8.78 Å². The Bertz CT molecular complexity index is 768. The van der Waals surface area contributed by atoms with E-state index in [-0.39, 0.29) is 0 Å². The fourth-order valence-electron chi connectivity index (χ4n) is 1.94. The third-order valence-corrected chi connectivity index (χ3v) is 3.96. The molecular formula is C15H12F2N2S. The molecule has 0 aliphatic carbocycles. The second-order valence-corrected chi connectivity index (χ2v) is 5.62. The molecule has 0 spiro atoms. The summed E-state index contributed by atoms with van der Waals surface area (Å²) in [5, 5.41) is 3.91. The van der Waals surface area contributed by atoms with E-state index in [1.807, 2.05) is 25.1 Å². The second-order valence-electron chi connectivity index (χ2n) is 4.59. The van der Waals surface area contributed by atoms with Gasteiger partial charge >= 0.3 is 0 Å². The van der Waals surface area contributed by atoms with Crippen LogP contribution in [-0.2, 0) is 6.54 Å². The molecule has 0 radical (unpaired) electrons. The predicted molar refractivity (Wildman–Crippen MR) is 78.0 cm³/mol. The van der Waals surface area contributed by atoms with Crippen LogP contribution in [0.5, 0.6) is 0 Å². The first-order valence-electron chi connectivity index (χ1n) is 6.17. The van der Waals surface area contributed by atoms with Crippen LogP contribution >= 0.6 is 11.3 Å². The maximum absolute atomic E-state index is 13.1. The first kappa shape index (κ1) is 13.0. The number of halogens is 2. The van der Waals surface area contributed by atoms with E-state index in [1.54, 1.807) is 17.4 Å². The minimum atomic E-state index is -0.829. The molecule has 1 aromatic heterocycles. The van der Waals surface area contributed by atoms with Crippen LogP contribution in [0.2, 0.25) is 0 Å². The molecule has 0 aliphatic heterocycles. The van der Waals surface area contributed by atoms with E-state index in [2.05, 4.69) is 10.3 Å². The molecule has 3 aromatic rings. The van der Waals surface area contributed by atoms with Gasteiger partial charge in [-0.3, -0.25) is 0 Å². The number of hydrogen-bond donors (Lipinski definition) is 1. The standard InChI is InChI=1S/C15H12F2N2S/c1-9-2-5-14-13(6-9)19-15(20-14)18-8-10-3-4-11(16)12(17)7-10/h2-7H,8H2,1H3,(H,18,19). The van der Waals surface area contributed by atoms with Crippen molar-refractivity contribution in [1.82, 2.24) is 4.98 Å². The topological polar surface area (TPSA) is 24.9 Å². The van der Waals surface area contributed by atoms with Crippen molar-refractivity contribution >= 4 is 26.7 Å². The zero-order valence-electron chi connectivity index (χ0n) is 10.8. The molecule has 0 atom stereocenters. The molecule has 0 unspecified atom stereocenters. The first-order valence-corrected chi connectivity index (χ1v) is 6.98.